The molecule has 3 atom stereocenters. The van der Waals surface area contributed by atoms with Crippen LogP contribution in [0.5, 0.6) is 0 Å². The van der Waals surface area contributed by atoms with E-state index in [1.165, 1.54) is 55.8 Å². The third-order valence-corrected chi connectivity index (χ3v) is 11.4. The number of alkyl halides is 6. The maximum atomic E-state index is 15.5. The molecule has 22 heteroatoms. The number of rotatable bonds is 13. The number of aromatic nitrogens is 5. The van der Waals surface area contributed by atoms with E-state index in [1.54, 1.807) is 0 Å². The summed E-state index contributed by atoms with van der Waals surface area (Å²) in [4.78, 5) is 37.9. The summed E-state index contributed by atoms with van der Waals surface area (Å²) in [6.45, 7) is 0.774. The molecule has 0 radical (unpaired) electrons. The molecule has 64 heavy (non-hydrogen) atoms. The van der Waals surface area contributed by atoms with Crippen molar-refractivity contribution in [3.63, 3.8) is 0 Å². The number of hydrogen-bond donors (Lipinski definition) is 4. The first-order chi connectivity index (χ1) is 30.1. The van der Waals surface area contributed by atoms with E-state index in [9.17, 15) is 40.5 Å². The summed E-state index contributed by atoms with van der Waals surface area (Å²) in [7, 11) is 1.42. The molecule has 1 amide bonds. The number of nitrogens with zero attached hydrogens (tertiary/aromatic N) is 5. The van der Waals surface area contributed by atoms with Crippen molar-refractivity contribution in [3.05, 3.63) is 133 Å². The monoisotopic (exact) mass is 933 g/mol. The lowest BCUT2D eigenvalue weighted by atomic mass is 10.0. The molecule has 1 aliphatic carbocycles. The van der Waals surface area contributed by atoms with Crippen molar-refractivity contribution >= 4 is 51.3 Å². The third kappa shape index (κ3) is 8.87. The summed E-state index contributed by atoms with van der Waals surface area (Å²) in [6, 6.07) is 11.5. The number of hydrogen-bond acceptors (Lipinski definition) is 8. The molecule has 0 saturated carbocycles. The van der Waals surface area contributed by atoms with Crippen LogP contribution in [0.3, 0.4) is 0 Å². The molecule has 3 aromatic carbocycles. The lowest BCUT2D eigenvalue weighted by Crippen LogP contribution is -2.38. The van der Waals surface area contributed by atoms with Crippen LogP contribution in [0.4, 0.5) is 40.8 Å². The molecule has 0 fully saturated rings. The minimum Gasteiger partial charge on any atom is -0.593 e. The minimum absolute atomic E-state index is 0.0112. The number of anilines is 1. The van der Waals surface area contributed by atoms with Gasteiger partial charge in [0.05, 0.1) is 56.0 Å². The summed E-state index contributed by atoms with van der Waals surface area (Å²) in [5, 5.41) is 17.7. The van der Waals surface area contributed by atoms with E-state index in [2.05, 4.69) is 25.4 Å². The normalized spacial score (nSPS) is 15.6. The van der Waals surface area contributed by atoms with Crippen molar-refractivity contribution in [2.24, 2.45) is 5.92 Å². The number of fused-ring (bicyclic) bond motifs is 2. The van der Waals surface area contributed by atoms with Gasteiger partial charge in [0.2, 0.25) is 5.91 Å². The van der Waals surface area contributed by atoms with E-state index in [0.29, 0.717) is 17.7 Å². The predicted molar refractivity (Wildman–Crippen MR) is 224 cm³/mol. The van der Waals surface area contributed by atoms with Crippen LogP contribution in [0.25, 0.3) is 27.8 Å². The van der Waals surface area contributed by atoms with Crippen LogP contribution < -0.4 is 20.9 Å². The Hall–Kier alpha value is -6.06. The topological polar surface area (TPSA) is 166 Å². The van der Waals surface area contributed by atoms with Crippen molar-refractivity contribution in [1.82, 2.24) is 34.4 Å². The lowest BCUT2D eigenvalue weighted by Gasteiger charge is -2.25. The second-order valence-electron chi connectivity index (χ2n) is 15.1. The molecule has 336 valence electrons. The van der Waals surface area contributed by atoms with Gasteiger partial charge in [-0.05, 0) is 60.5 Å². The standard InChI is InChI=1S/C42H36ClF8N9O3S/c1-19-12-25-34(37(46)47)57-59(36(25)42(19,50)51)18-32(61)55-29(15-20-13-22(44)17-23(45)14-20)39-56-28-16-21(27-6-5-7-31(54-27)41(2,48)49)8-9-24(28)40(62)60(39)30-11-10-26(43)33(35(30)53-3)38(52)58-64(4)63/h5-11,13-14,16-17,19,29,37,53H,12,15,18H2,1-4H3,(H2,52,58)(H,55,61). The Balaban J connectivity index is 1.47. The van der Waals surface area contributed by atoms with Crippen LogP contribution in [-0.2, 0) is 47.4 Å². The number of benzene rings is 3. The minimum atomic E-state index is -3.66. The average Bonchev–Trinajstić information content (AvgIpc) is 3.68. The van der Waals surface area contributed by atoms with Crippen molar-refractivity contribution in [2.45, 2.75) is 57.5 Å². The van der Waals surface area contributed by atoms with E-state index < -0.39 is 113 Å². The van der Waals surface area contributed by atoms with Crippen LogP contribution >= 0.6 is 11.6 Å². The van der Waals surface area contributed by atoms with Gasteiger partial charge in [-0.3, -0.25) is 24.2 Å². The third-order valence-electron chi connectivity index (χ3n) is 10.5. The van der Waals surface area contributed by atoms with E-state index in [4.69, 9.17) is 22.0 Å². The van der Waals surface area contributed by atoms with Crippen LogP contribution in [-0.4, -0.2) is 53.9 Å². The van der Waals surface area contributed by atoms with Gasteiger partial charge in [0, 0.05) is 43.5 Å². The fourth-order valence-corrected chi connectivity index (χ4v) is 8.35. The number of nitrogens with one attached hydrogen (secondary N) is 4. The van der Waals surface area contributed by atoms with Gasteiger partial charge in [-0.1, -0.05) is 30.7 Å². The highest BCUT2D eigenvalue weighted by Gasteiger charge is 2.51. The zero-order chi connectivity index (χ0) is 46.6. The molecule has 0 bridgehead atoms. The van der Waals surface area contributed by atoms with Gasteiger partial charge >= 0.3 is 0 Å². The smallest absolute Gasteiger partial charge is 0.292 e. The van der Waals surface area contributed by atoms with Crippen LogP contribution in [0.1, 0.15) is 65.9 Å². The highest BCUT2D eigenvalue weighted by Crippen LogP contribution is 2.48. The molecule has 4 N–H and O–H groups in total. The SMILES string of the molecule is CNc1c(-n2c(C(Cc3cc(F)cc(F)c3)NC(=O)Cn3nc(C(F)F)c4c3C(F)(F)C(C)C4)nc3cc(-c4cccc(C(C)(F)F)n4)ccc3c2=O)ccc(Cl)c1C(=N)N[S+](C)[O-]. The lowest BCUT2D eigenvalue weighted by molar-refractivity contribution is -0.123. The van der Waals surface area contributed by atoms with E-state index >= 15 is 8.78 Å². The van der Waals surface area contributed by atoms with E-state index in [-0.39, 0.29) is 55.5 Å². The molecule has 0 spiro atoms. The summed E-state index contributed by atoms with van der Waals surface area (Å²) in [5.41, 5.74) is -3.67. The number of amides is 1. The quantitative estimate of drug-likeness (QED) is 0.0389. The molecular weight excluding hydrogens is 898 g/mol. The van der Waals surface area contributed by atoms with Gasteiger partial charge in [0.15, 0.2) is 5.84 Å². The van der Waals surface area contributed by atoms with Gasteiger partial charge < -0.3 is 15.2 Å². The number of carbonyl (C=O) groups excluding carboxylic acids is 1. The Morgan fingerprint density at radius 2 is 1.78 bits per heavy atom. The Morgan fingerprint density at radius 1 is 1.08 bits per heavy atom. The Morgan fingerprint density at radius 3 is 2.42 bits per heavy atom. The van der Waals surface area contributed by atoms with Gasteiger partial charge in [0.25, 0.3) is 23.8 Å². The summed E-state index contributed by atoms with van der Waals surface area (Å²) in [5.74, 6) is -12.4. The molecule has 6 aromatic rings. The van der Waals surface area contributed by atoms with E-state index in [0.717, 1.165) is 29.7 Å². The number of pyridine rings is 1. The number of amidine groups is 1. The van der Waals surface area contributed by atoms with E-state index in [1.807, 2.05) is 0 Å². The molecule has 0 saturated heterocycles. The van der Waals surface area contributed by atoms with Crippen LogP contribution in [0.2, 0.25) is 5.02 Å². The first-order valence-corrected chi connectivity index (χ1v) is 21.1. The molecule has 7 rings (SSSR count). The predicted octanol–water partition coefficient (Wildman–Crippen LogP) is 8.26. The fraction of sp³-hybridized carbons (Fsp3) is 0.286. The molecule has 1 aliphatic rings. The highest BCUT2D eigenvalue weighted by molar-refractivity contribution is 7.89. The molecule has 12 nitrogen and oxygen atoms in total. The maximum absolute atomic E-state index is 15.5. The van der Waals surface area contributed by atoms with Crippen molar-refractivity contribution in [1.29, 1.82) is 5.41 Å². The summed E-state index contributed by atoms with van der Waals surface area (Å²) < 4.78 is 133. The first kappa shape index (κ1) is 45.9. The summed E-state index contributed by atoms with van der Waals surface area (Å²) >= 11 is 4.78. The largest absolute Gasteiger partial charge is 0.593 e. The van der Waals surface area contributed by atoms with Gasteiger partial charge in [-0.25, -0.2) is 27.5 Å². The Labute approximate surface area is 366 Å². The summed E-state index contributed by atoms with van der Waals surface area (Å²) in [6.07, 6.45) is -2.98. The molecular formula is C42H36ClF8N9O3S. The van der Waals surface area contributed by atoms with Crippen molar-refractivity contribution < 1.29 is 44.5 Å². The number of carbonyl (C=O) groups is 1. The second kappa shape index (κ2) is 17.5. The van der Waals surface area contributed by atoms with Crippen molar-refractivity contribution in [2.75, 3.05) is 18.6 Å². The average molecular weight is 934 g/mol. The van der Waals surface area contributed by atoms with Gasteiger partial charge in [0.1, 0.15) is 47.3 Å². The first-order valence-electron chi connectivity index (χ1n) is 19.2. The van der Waals surface area contributed by atoms with Crippen molar-refractivity contribution in [3.8, 4) is 16.9 Å². The molecule has 0 aliphatic heterocycles. The Bertz CT molecular complexity index is 2870. The van der Waals surface area contributed by atoms with Crippen LogP contribution in [0.15, 0.2) is 71.5 Å². The maximum Gasteiger partial charge on any atom is 0.292 e. The molecule has 3 heterocycles. The zero-order valence-corrected chi connectivity index (χ0v) is 35.5. The highest BCUT2D eigenvalue weighted by atomic mass is 35.5. The zero-order valence-electron chi connectivity index (χ0n) is 34.0. The fourth-order valence-electron chi connectivity index (χ4n) is 7.71. The van der Waals surface area contributed by atoms with Gasteiger partial charge in [-0.2, -0.15) is 27.4 Å². The second-order valence-corrected chi connectivity index (χ2v) is 16.7. The van der Waals surface area contributed by atoms with Gasteiger partial charge in [-0.15, -0.1) is 0 Å². The number of halogens is 9. The Kier molecular flexibility index (Phi) is 12.6. The van der Waals surface area contributed by atoms with Crippen LogP contribution in [0, 0.1) is 23.0 Å². The molecule has 3 unspecified atom stereocenters. The molecule has 3 aromatic heterocycles.